The van der Waals surface area contributed by atoms with E-state index in [4.69, 9.17) is 4.74 Å². The molecule has 2 fully saturated rings. The number of pyridine rings is 1. The summed E-state index contributed by atoms with van der Waals surface area (Å²) < 4.78 is 6.02. The van der Waals surface area contributed by atoms with E-state index in [1.54, 1.807) is 6.07 Å². The van der Waals surface area contributed by atoms with Gasteiger partial charge in [0.1, 0.15) is 0 Å². The lowest BCUT2D eigenvalue weighted by atomic mass is 9.82. The molecule has 22 heavy (non-hydrogen) atoms. The second-order valence-electron chi connectivity index (χ2n) is 6.54. The molecule has 5 nitrogen and oxygen atoms in total. The molecule has 2 heterocycles. The van der Waals surface area contributed by atoms with E-state index in [0.717, 1.165) is 25.0 Å². The summed E-state index contributed by atoms with van der Waals surface area (Å²) in [4.78, 5) is 26.7. The summed E-state index contributed by atoms with van der Waals surface area (Å²) in [7, 11) is 0. The predicted octanol–water partition coefficient (Wildman–Crippen LogP) is 2.16. The molecule has 1 aliphatic heterocycles. The molecule has 2 aliphatic rings. The van der Waals surface area contributed by atoms with Crippen LogP contribution in [0.15, 0.2) is 16.9 Å². The molecule has 1 spiro atoms. The van der Waals surface area contributed by atoms with Crippen LogP contribution in [-0.4, -0.2) is 29.1 Å². The van der Waals surface area contributed by atoms with Crippen molar-refractivity contribution in [3.8, 4) is 0 Å². The number of aryl methyl sites for hydroxylation is 1. The van der Waals surface area contributed by atoms with E-state index in [9.17, 15) is 9.59 Å². The number of rotatable bonds is 3. The summed E-state index contributed by atoms with van der Waals surface area (Å²) in [6, 6.07) is 3.17. The molecule has 1 amide bonds. The highest BCUT2D eigenvalue weighted by atomic mass is 16.5. The van der Waals surface area contributed by atoms with Crippen molar-refractivity contribution in [2.45, 2.75) is 63.5 Å². The fraction of sp³-hybridized carbons (Fsp3) is 0.647. The van der Waals surface area contributed by atoms with Gasteiger partial charge in [0, 0.05) is 17.3 Å². The van der Waals surface area contributed by atoms with E-state index in [2.05, 4.69) is 10.3 Å². The van der Waals surface area contributed by atoms with Gasteiger partial charge in [0.15, 0.2) is 0 Å². The molecule has 1 aliphatic carbocycles. The van der Waals surface area contributed by atoms with Gasteiger partial charge in [0.2, 0.25) is 5.56 Å². The van der Waals surface area contributed by atoms with Crippen molar-refractivity contribution < 1.29 is 9.53 Å². The van der Waals surface area contributed by atoms with Crippen LogP contribution in [0.2, 0.25) is 0 Å². The summed E-state index contributed by atoms with van der Waals surface area (Å²) >= 11 is 0. The van der Waals surface area contributed by atoms with Gasteiger partial charge in [0.25, 0.3) is 5.91 Å². The van der Waals surface area contributed by atoms with Gasteiger partial charge in [-0.25, -0.2) is 0 Å². The molecule has 1 atom stereocenters. The summed E-state index contributed by atoms with van der Waals surface area (Å²) in [5.41, 5.74) is 0.976. The fourth-order valence-electron chi connectivity index (χ4n) is 3.67. The number of H-pyrrole nitrogens is 1. The predicted molar refractivity (Wildman–Crippen MR) is 84.1 cm³/mol. The number of hydrogen-bond donors (Lipinski definition) is 2. The quantitative estimate of drug-likeness (QED) is 0.899. The molecule has 0 radical (unpaired) electrons. The van der Waals surface area contributed by atoms with Crippen molar-refractivity contribution in [3.05, 3.63) is 33.7 Å². The number of hydrogen-bond acceptors (Lipinski definition) is 3. The normalized spacial score (nSPS) is 23.6. The maximum Gasteiger partial charge on any atom is 0.251 e. The smallest absolute Gasteiger partial charge is 0.251 e. The van der Waals surface area contributed by atoms with E-state index in [1.165, 1.54) is 25.3 Å². The first-order valence-corrected chi connectivity index (χ1v) is 8.28. The third kappa shape index (κ3) is 3.24. The summed E-state index contributed by atoms with van der Waals surface area (Å²) in [5.74, 6) is -0.178. The second kappa shape index (κ2) is 6.24. The van der Waals surface area contributed by atoms with Crippen LogP contribution in [0.1, 0.15) is 61.5 Å². The van der Waals surface area contributed by atoms with Crippen molar-refractivity contribution in [2.75, 3.05) is 6.61 Å². The molecule has 5 heteroatoms. The Morgan fingerprint density at radius 1 is 1.36 bits per heavy atom. The molecule has 1 aromatic heterocycles. The van der Waals surface area contributed by atoms with Crippen molar-refractivity contribution in [1.82, 2.24) is 10.3 Å². The van der Waals surface area contributed by atoms with Crippen LogP contribution in [0.4, 0.5) is 0 Å². The Hall–Kier alpha value is -1.62. The third-order valence-electron chi connectivity index (χ3n) is 4.85. The monoisotopic (exact) mass is 304 g/mol. The van der Waals surface area contributed by atoms with Gasteiger partial charge in [-0.1, -0.05) is 26.2 Å². The largest absolute Gasteiger partial charge is 0.373 e. The molecule has 1 saturated heterocycles. The Balaban J connectivity index is 1.65. The zero-order chi connectivity index (χ0) is 15.6. The first-order chi connectivity index (χ1) is 10.6. The Bertz CT molecular complexity index is 602. The Labute approximate surface area is 130 Å². The molecule has 1 saturated carbocycles. The van der Waals surface area contributed by atoms with Gasteiger partial charge in [0.05, 0.1) is 18.2 Å². The Morgan fingerprint density at radius 2 is 2.14 bits per heavy atom. The highest BCUT2D eigenvalue weighted by Crippen LogP contribution is 2.39. The van der Waals surface area contributed by atoms with E-state index in [1.807, 2.05) is 6.92 Å². The lowest BCUT2D eigenvalue weighted by molar-refractivity contribution is -0.0246. The average Bonchev–Trinajstić information content (AvgIpc) is 2.89. The van der Waals surface area contributed by atoms with E-state index < -0.39 is 0 Å². The number of ether oxygens (including phenoxy) is 1. The number of aromatic nitrogens is 1. The van der Waals surface area contributed by atoms with Gasteiger partial charge >= 0.3 is 0 Å². The molecule has 1 unspecified atom stereocenters. The number of carbonyl (C=O) groups is 1. The Kier molecular flexibility index (Phi) is 4.34. The molecular weight excluding hydrogens is 280 g/mol. The van der Waals surface area contributed by atoms with Crippen LogP contribution in [0.5, 0.6) is 0 Å². The molecule has 0 aromatic carbocycles. The third-order valence-corrected chi connectivity index (χ3v) is 4.85. The standard InChI is InChI=1S/C17H24N2O3/c1-2-13-8-12(9-15(20)18-13)16(21)19-14-10-17(22-11-14)6-4-3-5-7-17/h8-9,14H,2-7,10-11H2,1H3,(H,18,20)(H,19,21). The van der Waals surface area contributed by atoms with Crippen LogP contribution < -0.4 is 10.9 Å². The van der Waals surface area contributed by atoms with Crippen LogP contribution in [0.25, 0.3) is 0 Å². The number of nitrogens with one attached hydrogen (secondary N) is 2. The first kappa shape index (κ1) is 15.3. The summed E-state index contributed by atoms with van der Waals surface area (Å²) in [6.07, 6.45) is 7.52. The summed E-state index contributed by atoms with van der Waals surface area (Å²) in [5, 5.41) is 3.03. The zero-order valence-electron chi connectivity index (χ0n) is 13.1. The van der Waals surface area contributed by atoms with Crippen molar-refractivity contribution >= 4 is 5.91 Å². The molecule has 1 aromatic rings. The van der Waals surface area contributed by atoms with E-state index in [-0.39, 0.29) is 23.1 Å². The second-order valence-corrected chi connectivity index (χ2v) is 6.54. The fourth-order valence-corrected chi connectivity index (χ4v) is 3.67. The molecular formula is C17H24N2O3. The SMILES string of the molecule is CCc1cc(C(=O)NC2COC3(CCCCC3)C2)cc(=O)[nH]1. The topological polar surface area (TPSA) is 71.2 Å². The average molecular weight is 304 g/mol. The molecule has 3 rings (SSSR count). The number of aromatic amines is 1. The van der Waals surface area contributed by atoms with Crippen LogP contribution in [-0.2, 0) is 11.2 Å². The minimum absolute atomic E-state index is 0.0149. The van der Waals surface area contributed by atoms with Crippen LogP contribution in [0.3, 0.4) is 0 Å². The van der Waals surface area contributed by atoms with Crippen LogP contribution >= 0.6 is 0 Å². The van der Waals surface area contributed by atoms with Gasteiger partial charge < -0.3 is 15.0 Å². The summed E-state index contributed by atoms with van der Waals surface area (Å²) in [6.45, 7) is 2.53. The van der Waals surface area contributed by atoms with Crippen molar-refractivity contribution in [3.63, 3.8) is 0 Å². The molecule has 120 valence electrons. The number of carbonyl (C=O) groups excluding carboxylic acids is 1. The zero-order valence-corrected chi connectivity index (χ0v) is 13.1. The highest BCUT2D eigenvalue weighted by Gasteiger charge is 2.41. The first-order valence-electron chi connectivity index (χ1n) is 8.28. The maximum absolute atomic E-state index is 12.4. The lowest BCUT2D eigenvalue weighted by Crippen LogP contribution is -2.37. The van der Waals surface area contributed by atoms with Crippen molar-refractivity contribution in [1.29, 1.82) is 0 Å². The van der Waals surface area contributed by atoms with Gasteiger partial charge in [-0.2, -0.15) is 0 Å². The highest BCUT2D eigenvalue weighted by molar-refractivity contribution is 5.94. The maximum atomic E-state index is 12.4. The van der Waals surface area contributed by atoms with E-state index >= 15 is 0 Å². The Morgan fingerprint density at radius 3 is 2.86 bits per heavy atom. The van der Waals surface area contributed by atoms with Gasteiger partial charge in [-0.3, -0.25) is 9.59 Å². The molecule has 0 bridgehead atoms. The lowest BCUT2D eigenvalue weighted by Gasteiger charge is -2.32. The minimum Gasteiger partial charge on any atom is -0.373 e. The van der Waals surface area contributed by atoms with Gasteiger partial charge in [-0.05, 0) is 31.7 Å². The van der Waals surface area contributed by atoms with E-state index in [0.29, 0.717) is 18.6 Å². The minimum atomic E-state index is -0.226. The van der Waals surface area contributed by atoms with Crippen LogP contribution in [0, 0.1) is 0 Å². The van der Waals surface area contributed by atoms with Gasteiger partial charge in [-0.15, -0.1) is 0 Å². The molecule has 2 N–H and O–H groups in total. The van der Waals surface area contributed by atoms with Crippen molar-refractivity contribution in [2.24, 2.45) is 0 Å². The number of amides is 1.